The third-order valence-corrected chi connectivity index (χ3v) is 9.76. The van der Waals surface area contributed by atoms with Gasteiger partial charge < -0.3 is 19.9 Å². The molecule has 0 bridgehead atoms. The molecule has 1 aliphatic carbocycles. The van der Waals surface area contributed by atoms with Gasteiger partial charge in [0.25, 0.3) is 5.56 Å². The minimum atomic E-state index is -4.84. The number of hydrogen-bond donors (Lipinski definition) is 2. The number of terminal acetylenes is 1. The lowest BCUT2D eigenvalue weighted by Gasteiger charge is -2.40. The second-order valence-corrected chi connectivity index (χ2v) is 14.6. The summed E-state index contributed by atoms with van der Waals surface area (Å²) in [6, 6.07) is 0.231. The standard InChI is InChI=1S/C39H41F6N3O4/c1-6-25-13-29(41)36(37(42)35(25)34-21(4)10-27(40)11-22(34)5)30(15-33(50)51)46-38(52)31(9-20(2)3)48-19-26(28(14-32(48)49)39(43,44)45)12-24-17-47(18-24)16-23-7-8-23/h1,10-11,13-14,19-20,23-24,30-31H,7-9,12,15-18H2,2-5H3,(H,46,52)(H,50,51)/t30-,31+/m1/s1. The van der Waals surface area contributed by atoms with E-state index in [2.05, 4.69) is 16.1 Å². The van der Waals surface area contributed by atoms with Gasteiger partial charge >= 0.3 is 12.1 Å². The molecule has 5 rings (SSSR count). The van der Waals surface area contributed by atoms with Crippen LogP contribution in [0.5, 0.6) is 0 Å². The molecule has 1 aromatic heterocycles. The highest BCUT2D eigenvalue weighted by atomic mass is 19.4. The number of carbonyl (C=O) groups is 2. The van der Waals surface area contributed by atoms with E-state index in [9.17, 15) is 37.1 Å². The summed E-state index contributed by atoms with van der Waals surface area (Å²) in [7, 11) is 0. The molecule has 2 N–H and O–H groups in total. The summed E-state index contributed by atoms with van der Waals surface area (Å²) in [5.41, 5.74) is -3.08. The van der Waals surface area contributed by atoms with Gasteiger partial charge in [-0.15, -0.1) is 6.42 Å². The molecule has 7 nitrogen and oxygen atoms in total. The zero-order valence-corrected chi connectivity index (χ0v) is 29.3. The van der Waals surface area contributed by atoms with Gasteiger partial charge in [-0.3, -0.25) is 14.4 Å². The lowest BCUT2D eigenvalue weighted by molar-refractivity contribution is -0.139. The molecule has 13 heteroatoms. The molecule has 0 spiro atoms. The molecule has 0 radical (unpaired) electrons. The van der Waals surface area contributed by atoms with Gasteiger partial charge in [0, 0.05) is 48.6 Å². The first-order valence-electron chi connectivity index (χ1n) is 17.2. The number of aryl methyl sites for hydroxylation is 2. The second kappa shape index (κ2) is 15.2. The number of nitrogens with one attached hydrogen (secondary N) is 1. The number of benzene rings is 2. The quantitative estimate of drug-likeness (QED) is 0.142. The number of likely N-dealkylation sites (tertiary alicyclic amines) is 1. The Kier molecular flexibility index (Phi) is 11.3. The molecule has 2 heterocycles. The Morgan fingerprint density at radius 2 is 1.65 bits per heavy atom. The highest BCUT2D eigenvalue weighted by Gasteiger charge is 2.39. The molecule has 1 aliphatic heterocycles. The van der Waals surface area contributed by atoms with Crippen molar-refractivity contribution in [3.8, 4) is 23.5 Å². The van der Waals surface area contributed by atoms with Crippen molar-refractivity contribution in [3.05, 3.63) is 91.6 Å². The van der Waals surface area contributed by atoms with Crippen molar-refractivity contribution in [3.63, 3.8) is 0 Å². The van der Waals surface area contributed by atoms with Gasteiger partial charge in [-0.2, -0.15) is 13.2 Å². The van der Waals surface area contributed by atoms with E-state index < -0.39 is 70.7 Å². The van der Waals surface area contributed by atoms with Crippen LogP contribution < -0.4 is 10.9 Å². The Morgan fingerprint density at radius 1 is 1.02 bits per heavy atom. The van der Waals surface area contributed by atoms with Crippen LogP contribution in [0.1, 0.15) is 85.0 Å². The van der Waals surface area contributed by atoms with Crippen LogP contribution >= 0.6 is 0 Å². The Labute approximate surface area is 298 Å². The predicted molar refractivity (Wildman–Crippen MR) is 183 cm³/mol. The summed E-state index contributed by atoms with van der Waals surface area (Å²) in [4.78, 5) is 41.6. The molecule has 2 atom stereocenters. The van der Waals surface area contributed by atoms with Gasteiger partial charge in [0.15, 0.2) is 0 Å². The smallest absolute Gasteiger partial charge is 0.416 e. The second-order valence-electron chi connectivity index (χ2n) is 14.6. The number of carboxylic acid groups (broad SMARTS) is 1. The maximum absolute atomic E-state index is 16.6. The largest absolute Gasteiger partial charge is 0.481 e. The number of carboxylic acids is 1. The van der Waals surface area contributed by atoms with Crippen molar-refractivity contribution in [2.45, 2.75) is 78.1 Å². The molecule has 1 amide bonds. The minimum Gasteiger partial charge on any atom is -0.481 e. The third kappa shape index (κ3) is 8.55. The highest BCUT2D eigenvalue weighted by molar-refractivity contribution is 5.83. The number of pyridine rings is 1. The van der Waals surface area contributed by atoms with Gasteiger partial charge in [0.05, 0.1) is 18.0 Å². The number of nitrogens with zero attached hydrogens (tertiary/aromatic N) is 2. The maximum atomic E-state index is 16.6. The van der Waals surface area contributed by atoms with Crippen LogP contribution in [0.15, 0.2) is 35.3 Å². The Hall–Kier alpha value is -4.57. The number of rotatable bonds is 13. The lowest BCUT2D eigenvalue weighted by Crippen LogP contribution is -2.48. The number of aliphatic carboxylic acids is 1. The van der Waals surface area contributed by atoms with Crippen LogP contribution in [0.4, 0.5) is 26.3 Å². The number of hydrogen-bond acceptors (Lipinski definition) is 4. The molecule has 2 fully saturated rings. The van der Waals surface area contributed by atoms with Crippen molar-refractivity contribution in [1.29, 1.82) is 0 Å². The number of halogens is 6. The molecule has 1 saturated carbocycles. The van der Waals surface area contributed by atoms with Crippen molar-refractivity contribution in [2.24, 2.45) is 17.8 Å². The molecule has 2 aromatic carbocycles. The van der Waals surface area contributed by atoms with Gasteiger partial charge in [-0.25, -0.2) is 13.2 Å². The van der Waals surface area contributed by atoms with Gasteiger partial charge in [0.1, 0.15) is 23.5 Å². The average molecular weight is 730 g/mol. The summed E-state index contributed by atoms with van der Waals surface area (Å²) in [6.45, 7) is 8.52. The first-order valence-corrected chi connectivity index (χ1v) is 17.2. The van der Waals surface area contributed by atoms with Gasteiger partial charge in [-0.1, -0.05) is 19.8 Å². The van der Waals surface area contributed by atoms with Crippen LogP contribution in [0.2, 0.25) is 0 Å². The minimum absolute atomic E-state index is 0.0108. The van der Waals surface area contributed by atoms with E-state index in [4.69, 9.17) is 6.42 Å². The lowest BCUT2D eigenvalue weighted by atomic mass is 9.88. The van der Waals surface area contributed by atoms with Crippen LogP contribution in [0.3, 0.4) is 0 Å². The SMILES string of the molecule is C#Cc1cc(F)c([C@@H](CC(=O)O)NC(=O)[C@H](CC(C)C)n2cc(CC3CN(CC4CC4)C3)c(C(F)(F)F)cc2=O)c(F)c1-c1c(C)cc(F)cc1C. The molecule has 52 heavy (non-hydrogen) atoms. The maximum Gasteiger partial charge on any atom is 0.416 e. The molecular weight excluding hydrogens is 688 g/mol. The molecule has 1 saturated heterocycles. The number of amides is 1. The summed E-state index contributed by atoms with van der Waals surface area (Å²) < 4.78 is 90.0. The van der Waals surface area contributed by atoms with E-state index >= 15 is 8.78 Å². The molecule has 2 aliphatic rings. The van der Waals surface area contributed by atoms with Crippen LogP contribution in [0, 0.1) is 61.4 Å². The topological polar surface area (TPSA) is 91.6 Å². The fourth-order valence-corrected chi connectivity index (χ4v) is 7.27. The fourth-order valence-electron chi connectivity index (χ4n) is 7.27. The third-order valence-electron chi connectivity index (χ3n) is 9.76. The zero-order chi connectivity index (χ0) is 38.2. The monoisotopic (exact) mass is 729 g/mol. The van der Waals surface area contributed by atoms with Crippen LogP contribution in [0.25, 0.3) is 11.1 Å². The summed E-state index contributed by atoms with van der Waals surface area (Å²) in [5, 5.41) is 12.2. The van der Waals surface area contributed by atoms with E-state index in [1.807, 2.05) is 0 Å². The fraction of sp³-hybridized carbons (Fsp3) is 0.462. The van der Waals surface area contributed by atoms with Gasteiger partial charge in [0.2, 0.25) is 5.91 Å². The van der Waals surface area contributed by atoms with Crippen LogP contribution in [-0.2, 0) is 22.2 Å². The first kappa shape index (κ1) is 38.7. The Balaban J connectivity index is 1.55. The normalized spacial score (nSPS) is 16.3. The van der Waals surface area contributed by atoms with E-state index in [1.54, 1.807) is 13.8 Å². The van der Waals surface area contributed by atoms with E-state index in [0.29, 0.717) is 25.1 Å². The van der Waals surface area contributed by atoms with E-state index in [0.717, 1.165) is 48.3 Å². The summed E-state index contributed by atoms with van der Waals surface area (Å²) in [6.07, 6.45) is 3.01. The number of alkyl halides is 3. The van der Waals surface area contributed by atoms with E-state index in [-0.39, 0.29) is 58.1 Å². The highest BCUT2D eigenvalue weighted by Crippen LogP contribution is 2.39. The summed E-state index contributed by atoms with van der Waals surface area (Å²) >= 11 is 0. The first-order chi connectivity index (χ1) is 24.4. The molecule has 0 unspecified atom stereocenters. The van der Waals surface area contributed by atoms with Gasteiger partial charge in [-0.05, 0) is 97.7 Å². The molecular formula is C39H41F6N3O4. The Morgan fingerprint density at radius 3 is 2.19 bits per heavy atom. The molecule has 278 valence electrons. The average Bonchev–Trinajstić information content (AvgIpc) is 3.83. The zero-order valence-electron chi connectivity index (χ0n) is 29.3. The molecule has 3 aromatic rings. The number of aromatic nitrogens is 1. The summed E-state index contributed by atoms with van der Waals surface area (Å²) in [5.74, 6) is -3.26. The van der Waals surface area contributed by atoms with Crippen molar-refractivity contribution in [1.82, 2.24) is 14.8 Å². The predicted octanol–water partition coefficient (Wildman–Crippen LogP) is 7.35. The number of carbonyl (C=O) groups excluding carboxylic acids is 1. The van der Waals surface area contributed by atoms with Crippen LogP contribution in [-0.4, -0.2) is 46.1 Å². The van der Waals surface area contributed by atoms with Crippen molar-refractivity contribution >= 4 is 11.9 Å². The van der Waals surface area contributed by atoms with Crippen molar-refractivity contribution in [2.75, 3.05) is 19.6 Å². The Bertz CT molecular complexity index is 1950. The van der Waals surface area contributed by atoms with Crippen molar-refractivity contribution < 1.29 is 41.0 Å². The van der Waals surface area contributed by atoms with E-state index in [1.165, 1.54) is 13.8 Å².